The Hall–Kier alpha value is -6.70. The van der Waals surface area contributed by atoms with Gasteiger partial charge >= 0.3 is 0 Å². The van der Waals surface area contributed by atoms with Gasteiger partial charge in [0.15, 0.2) is 0 Å². The maximum Gasteiger partial charge on any atom is 0.0645 e. The fourth-order valence-electron chi connectivity index (χ4n) is 5.95. The van der Waals surface area contributed by atoms with E-state index in [4.69, 9.17) is 16.4 Å². The first-order valence-corrected chi connectivity index (χ1v) is 15.9. The Labute approximate surface area is 327 Å². The van der Waals surface area contributed by atoms with Gasteiger partial charge in [-0.2, -0.15) is 0 Å². The molecule has 0 aliphatic rings. The average Bonchev–Trinajstić information content (AvgIpc) is 3.37. The smallest absolute Gasteiger partial charge is 0.0645 e. The van der Waals surface area contributed by atoms with E-state index in [-0.39, 0.29) is 5.69 Å². The summed E-state index contributed by atoms with van der Waals surface area (Å²) in [6, 6.07) is 11.7. The monoisotopic (exact) mass is 669 g/mol. The van der Waals surface area contributed by atoms with E-state index in [0.717, 1.165) is 32.4 Å². The lowest BCUT2D eigenvalue weighted by atomic mass is 9.89. The summed E-state index contributed by atoms with van der Waals surface area (Å²) in [6.07, 6.45) is 0. The molecule has 0 saturated carbocycles. The minimum absolute atomic E-state index is 0.00216. The second-order valence-electron chi connectivity index (χ2n) is 11.4. The van der Waals surface area contributed by atoms with Gasteiger partial charge in [-0.05, 0) is 108 Å². The molecule has 0 fully saturated rings. The molecule has 0 bridgehead atoms. The van der Waals surface area contributed by atoms with Crippen molar-refractivity contribution in [2.75, 3.05) is 4.90 Å². The van der Waals surface area contributed by atoms with Crippen molar-refractivity contribution in [1.29, 1.82) is 0 Å². The summed E-state index contributed by atoms with van der Waals surface area (Å²) in [5.41, 5.74) is -0.544. The Balaban J connectivity index is 1.34. The second-order valence-corrected chi connectivity index (χ2v) is 11.4. The minimum atomic E-state index is -0.890. The van der Waals surface area contributed by atoms with Gasteiger partial charge in [-0.25, -0.2) is 0 Å². The minimum Gasteiger partial charge on any atom is -0.311 e. The van der Waals surface area contributed by atoms with Crippen molar-refractivity contribution in [2.45, 2.75) is 0 Å². The van der Waals surface area contributed by atoms with E-state index in [0.29, 0.717) is 5.56 Å². The first-order chi connectivity index (χ1) is 33.6. The molecule has 0 aromatic heterocycles. The van der Waals surface area contributed by atoms with Gasteiger partial charge in [0.1, 0.15) is 0 Å². The van der Waals surface area contributed by atoms with Crippen LogP contribution in [0.1, 0.15) is 27.4 Å². The number of benzene rings is 9. The molecule has 9 aromatic carbocycles. The number of fused-ring (bicyclic) bond motifs is 2. The number of anilines is 3. The van der Waals surface area contributed by atoms with Gasteiger partial charge in [0.05, 0.1) is 27.4 Å². The standard InChI is InChI=1S/C50H35N/c1-3-11-36(12-4-1)38-21-28-45(29-22-38)51(46-30-23-39(24-31-46)44-20-19-37-13-7-8-17-43(37)35-44)47-32-25-42(26-33-47)50-48-18-10-9-16-41(48)27-34-49(50)40-14-5-2-6-15-40/h1-35H/i1D,3D,4D,7D,8D,11D,12D,13D,17D,19D,20D,21D,22D,23D,24D,28D,29D,30D,31D,35D. The molecule has 9 rings (SSSR count). The molecule has 51 heavy (non-hydrogen) atoms. The van der Waals surface area contributed by atoms with E-state index < -0.39 is 165 Å². The zero-order valence-electron chi connectivity index (χ0n) is 46.6. The molecule has 0 unspecified atom stereocenters. The molecule has 1 heteroatoms. The van der Waals surface area contributed by atoms with Crippen LogP contribution in [0.3, 0.4) is 0 Å². The third-order valence-corrected chi connectivity index (χ3v) is 8.35. The summed E-state index contributed by atoms with van der Waals surface area (Å²) in [7, 11) is 0. The van der Waals surface area contributed by atoms with Gasteiger partial charge in [-0.1, -0.05) is 169 Å². The van der Waals surface area contributed by atoms with Crippen molar-refractivity contribution < 1.29 is 27.4 Å². The molecule has 0 atom stereocenters. The van der Waals surface area contributed by atoms with Crippen LogP contribution in [0, 0.1) is 0 Å². The summed E-state index contributed by atoms with van der Waals surface area (Å²) in [5, 5.41) is 0.875. The molecule has 0 saturated heterocycles. The van der Waals surface area contributed by atoms with Gasteiger partial charge < -0.3 is 4.90 Å². The quantitative estimate of drug-likeness (QED) is 0.163. The topological polar surface area (TPSA) is 3.24 Å². The molecule has 240 valence electrons. The van der Waals surface area contributed by atoms with E-state index >= 15 is 0 Å². The first-order valence-electron chi connectivity index (χ1n) is 25.9. The average molecular weight is 670 g/mol. The van der Waals surface area contributed by atoms with Crippen molar-refractivity contribution in [2.24, 2.45) is 0 Å². The van der Waals surface area contributed by atoms with Crippen LogP contribution in [0.25, 0.3) is 66.1 Å². The van der Waals surface area contributed by atoms with Gasteiger partial charge in [0.2, 0.25) is 0 Å². The molecule has 0 heterocycles. The molecule has 0 aliphatic heterocycles. The van der Waals surface area contributed by atoms with Crippen LogP contribution in [0.4, 0.5) is 17.1 Å². The first kappa shape index (κ1) is 15.9. The SMILES string of the molecule is [2H]c1c([2H])c([2H])c(-c2c([2H])c([2H])c(N(c3ccc(-c4c(-c5ccccc5)ccc5ccccc45)cc3)c3c([2H])c([2H])c(-c4c([2H])c([2H])c5c([2H])c([2H])c([2H])c([2H])c5c4[2H])c([2H])c3[2H])c([2H])c2[2H])c([2H])c1[2H]. The summed E-state index contributed by atoms with van der Waals surface area (Å²) in [6.45, 7) is 0. The lowest BCUT2D eigenvalue weighted by Gasteiger charge is -2.26. The highest BCUT2D eigenvalue weighted by molar-refractivity contribution is 6.04. The fourth-order valence-corrected chi connectivity index (χ4v) is 5.95. The Morgan fingerprint density at radius 1 is 0.333 bits per heavy atom. The second kappa shape index (κ2) is 13.3. The van der Waals surface area contributed by atoms with Crippen molar-refractivity contribution >= 4 is 38.6 Å². The summed E-state index contributed by atoms with van der Waals surface area (Å²) in [4.78, 5) is 0.984. The van der Waals surface area contributed by atoms with Crippen LogP contribution in [0.5, 0.6) is 0 Å². The molecule has 1 nitrogen and oxygen atoms in total. The Morgan fingerprint density at radius 2 is 0.922 bits per heavy atom. The molecular formula is C50H35N. The molecular weight excluding hydrogens is 615 g/mol. The Morgan fingerprint density at radius 3 is 1.65 bits per heavy atom. The highest BCUT2D eigenvalue weighted by atomic mass is 15.1. The van der Waals surface area contributed by atoms with Crippen LogP contribution in [-0.2, 0) is 0 Å². The van der Waals surface area contributed by atoms with Crippen molar-refractivity contribution in [3.63, 3.8) is 0 Å². The molecule has 0 aliphatic carbocycles. The normalized spacial score (nSPS) is 16.6. The van der Waals surface area contributed by atoms with Gasteiger partial charge in [-0.15, -0.1) is 0 Å². The Kier molecular flexibility index (Phi) is 4.15. The molecule has 0 spiro atoms. The lowest BCUT2D eigenvalue weighted by Crippen LogP contribution is -2.09. The predicted octanol–water partition coefficient (Wildman–Crippen LogP) is 14.1. The summed E-state index contributed by atoms with van der Waals surface area (Å²) >= 11 is 0. The highest BCUT2D eigenvalue weighted by Gasteiger charge is 2.16. The third-order valence-electron chi connectivity index (χ3n) is 8.35. The van der Waals surface area contributed by atoms with E-state index in [1.54, 1.807) is 12.1 Å². The van der Waals surface area contributed by atoms with E-state index in [1.165, 1.54) is 12.1 Å². The highest BCUT2D eigenvalue weighted by Crippen LogP contribution is 2.41. The van der Waals surface area contributed by atoms with Crippen LogP contribution in [0.15, 0.2) is 212 Å². The fraction of sp³-hybridized carbons (Fsp3) is 0. The third kappa shape index (κ3) is 5.96. The van der Waals surface area contributed by atoms with Gasteiger partial charge in [-0.3, -0.25) is 0 Å². The summed E-state index contributed by atoms with van der Waals surface area (Å²) in [5.74, 6) is 0. The number of hydrogen-bond donors (Lipinski definition) is 0. The lowest BCUT2D eigenvalue weighted by molar-refractivity contribution is 1.28. The number of nitrogens with zero attached hydrogens (tertiary/aromatic N) is 1. The number of rotatable bonds is 7. The van der Waals surface area contributed by atoms with E-state index in [1.807, 2.05) is 66.7 Å². The number of hydrogen-bond acceptors (Lipinski definition) is 1. The summed E-state index contributed by atoms with van der Waals surface area (Å²) < 4.78 is 177. The van der Waals surface area contributed by atoms with Gasteiger partial charge in [0.25, 0.3) is 0 Å². The molecule has 0 N–H and O–H groups in total. The van der Waals surface area contributed by atoms with E-state index in [9.17, 15) is 11.0 Å². The molecule has 9 aromatic rings. The largest absolute Gasteiger partial charge is 0.311 e. The van der Waals surface area contributed by atoms with Crippen LogP contribution < -0.4 is 4.90 Å². The zero-order chi connectivity index (χ0) is 51.4. The van der Waals surface area contributed by atoms with Crippen molar-refractivity contribution in [3.05, 3.63) is 212 Å². The van der Waals surface area contributed by atoms with Crippen molar-refractivity contribution in [3.8, 4) is 44.5 Å². The Bertz CT molecular complexity index is 3680. The molecule has 0 amide bonds. The van der Waals surface area contributed by atoms with Crippen LogP contribution in [0.2, 0.25) is 0 Å². The van der Waals surface area contributed by atoms with Crippen LogP contribution in [-0.4, -0.2) is 0 Å². The maximum absolute atomic E-state index is 9.54. The zero-order valence-corrected chi connectivity index (χ0v) is 26.6. The predicted molar refractivity (Wildman–Crippen MR) is 218 cm³/mol. The molecule has 0 radical (unpaired) electrons. The van der Waals surface area contributed by atoms with Crippen molar-refractivity contribution in [1.82, 2.24) is 0 Å². The van der Waals surface area contributed by atoms with Crippen LogP contribution >= 0.6 is 0 Å². The van der Waals surface area contributed by atoms with Gasteiger partial charge in [0, 0.05) is 17.1 Å². The maximum atomic E-state index is 9.54. The van der Waals surface area contributed by atoms with E-state index in [2.05, 4.69) is 0 Å².